The Morgan fingerprint density at radius 1 is 1.56 bits per heavy atom. The topological polar surface area (TPSA) is 67.3 Å². The molecule has 6 heteroatoms. The number of hydrogen-bond acceptors (Lipinski definition) is 5. The van der Waals surface area contributed by atoms with E-state index in [0.29, 0.717) is 18.1 Å². The van der Waals surface area contributed by atoms with Crippen LogP contribution in [0.15, 0.2) is 6.33 Å². The lowest BCUT2D eigenvalue weighted by atomic mass is 9.80. The molecule has 1 heterocycles. The molecule has 1 aromatic heterocycles. The van der Waals surface area contributed by atoms with Crippen LogP contribution in [0.5, 0.6) is 5.75 Å². The van der Waals surface area contributed by atoms with Crippen LogP contribution in [0.25, 0.3) is 0 Å². The summed E-state index contributed by atoms with van der Waals surface area (Å²) in [6.07, 6.45) is 4.07. The number of nitrogens with zero attached hydrogens (tertiary/aromatic N) is 2. The number of aromatic nitrogens is 2. The molecule has 1 aromatic rings. The zero-order chi connectivity index (χ0) is 11.6. The fourth-order valence-electron chi connectivity index (χ4n) is 1.67. The van der Waals surface area contributed by atoms with Crippen LogP contribution < -0.4 is 10.1 Å². The first-order valence-corrected chi connectivity index (χ1v) is 5.53. The summed E-state index contributed by atoms with van der Waals surface area (Å²) in [6, 6.07) is 0. The highest BCUT2D eigenvalue weighted by Gasteiger charge is 2.34. The number of ether oxygens (including phenoxy) is 1. The van der Waals surface area contributed by atoms with Crippen LogP contribution in [0.3, 0.4) is 0 Å². The molecule has 0 radical (unpaired) electrons. The Labute approximate surface area is 98.8 Å². The van der Waals surface area contributed by atoms with Gasteiger partial charge in [0.05, 0.1) is 12.7 Å². The molecule has 0 saturated heterocycles. The SMILES string of the molecule is COc1c(Cl)ncnc1NCC1(O)CCC1. The molecule has 1 aliphatic carbocycles. The van der Waals surface area contributed by atoms with Crippen molar-refractivity contribution in [3.8, 4) is 5.75 Å². The first-order valence-electron chi connectivity index (χ1n) is 5.15. The van der Waals surface area contributed by atoms with Gasteiger partial charge in [-0.05, 0) is 19.3 Å². The van der Waals surface area contributed by atoms with E-state index < -0.39 is 5.60 Å². The number of aliphatic hydroxyl groups is 1. The lowest BCUT2D eigenvalue weighted by Crippen LogP contribution is -2.43. The minimum absolute atomic E-state index is 0.264. The number of nitrogens with one attached hydrogen (secondary N) is 1. The van der Waals surface area contributed by atoms with E-state index in [-0.39, 0.29) is 5.15 Å². The maximum atomic E-state index is 9.92. The van der Waals surface area contributed by atoms with Crippen molar-refractivity contribution in [1.82, 2.24) is 9.97 Å². The molecule has 0 unspecified atom stereocenters. The summed E-state index contributed by atoms with van der Waals surface area (Å²) < 4.78 is 5.09. The number of methoxy groups -OCH3 is 1. The molecular weight excluding hydrogens is 230 g/mol. The molecule has 0 bridgehead atoms. The highest BCUT2D eigenvalue weighted by atomic mass is 35.5. The molecular formula is C10H14ClN3O2. The molecule has 5 nitrogen and oxygen atoms in total. The Morgan fingerprint density at radius 3 is 2.88 bits per heavy atom. The highest BCUT2D eigenvalue weighted by molar-refractivity contribution is 6.31. The van der Waals surface area contributed by atoms with Crippen LogP contribution in [-0.4, -0.2) is 34.3 Å². The van der Waals surface area contributed by atoms with E-state index in [1.165, 1.54) is 13.4 Å². The molecule has 88 valence electrons. The van der Waals surface area contributed by atoms with Crippen molar-refractivity contribution < 1.29 is 9.84 Å². The van der Waals surface area contributed by atoms with Crippen molar-refractivity contribution in [3.63, 3.8) is 0 Å². The van der Waals surface area contributed by atoms with Gasteiger partial charge in [0.2, 0.25) is 0 Å². The van der Waals surface area contributed by atoms with E-state index in [4.69, 9.17) is 16.3 Å². The van der Waals surface area contributed by atoms with Crippen LogP contribution in [-0.2, 0) is 0 Å². The lowest BCUT2D eigenvalue weighted by molar-refractivity contribution is -0.0202. The number of halogens is 1. The van der Waals surface area contributed by atoms with Gasteiger partial charge in [0.1, 0.15) is 6.33 Å². The van der Waals surface area contributed by atoms with Gasteiger partial charge < -0.3 is 15.2 Å². The van der Waals surface area contributed by atoms with Crippen molar-refractivity contribution in [3.05, 3.63) is 11.5 Å². The average molecular weight is 244 g/mol. The van der Waals surface area contributed by atoms with Crippen LogP contribution in [0, 0.1) is 0 Å². The molecule has 16 heavy (non-hydrogen) atoms. The predicted molar refractivity (Wildman–Crippen MR) is 60.9 cm³/mol. The third-order valence-corrected chi connectivity index (χ3v) is 3.10. The molecule has 0 aliphatic heterocycles. The van der Waals surface area contributed by atoms with Crippen LogP contribution >= 0.6 is 11.6 Å². The Morgan fingerprint density at radius 2 is 2.31 bits per heavy atom. The van der Waals surface area contributed by atoms with Gasteiger partial charge in [-0.1, -0.05) is 11.6 Å². The van der Waals surface area contributed by atoms with Gasteiger partial charge in [-0.2, -0.15) is 0 Å². The van der Waals surface area contributed by atoms with Gasteiger partial charge in [-0.3, -0.25) is 0 Å². The summed E-state index contributed by atoms with van der Waals surface area (Å²) in [5.74, 6) is 0.926. The summed E-state index contributed by atoms with van der Waals surface area (Å²) in [6.45, 7) is 0.455. The summed E-state index contributed by atoms with van der Waals surface area (Å²) in [4.78, 5) is 7.85. The third-order valence-electron chi connectivity index (χ3n) is 2.83. The fraction of sp³-hybridized carbons (Fsp3) is 0.600. The van der Waals surface area contributed by atoms with Gasteiger partial charge in [0.25, 0.3) is 0 Å². The lowest BCUT2D eigenvalue weighted by Gasteiger charge is -2.36. The van der Waals surface area contributed by atoms with Crippen molar-refractivity contribution in [2.75, 3.05) is 19.0 Å². The molecule has 2 rings (SSSR count). The summed E-state index contributed by atoms with van der Waals surface area (Å²) >= 11 is 5.85. The number of anilines is 1. The normalized spacial score (nSPS) is 17.7. The van der Waals surface area contributed by atoms with Crippen LogP contribution in [0.1, 0.15) is 19.3 Å². The molecule has 0 atom stereocenters. The van der Waals surface area contributed by atoms with Crippen molar-refractivity contribution in [1.29, 1.82) is 0 Å². The molecule has 1 saturated carbocycles. The molecule has 1 fully saturated rings. The second-order valence-electron chi connectivity index (χ2n) is 3.98. The van der Waals surface area contributed by atoms with Crippen molar-refractivity contribution in [2.24, 2.45) is 0 Å². The third kappa shape index (κ3) is 2.20. The minimum atomic E-state index is -0.609. The molecule has 0 spiro atoms. The van der Waals surface area contributed by atoms with Crippen molar-refractivity contribution >= 4 is 17.4 Å². The van der Waals surface area contributed by atoms with Crippen molar-refractivity contribution in [2.45, 2.75) is 24.9 Å². The zero-order valence-electron chi connectivity index (χ0n) is 9.03. The van der Waals surface area contributed by atoms with E-state index in [9.17, 15) is 5.11 Å². The second-order valence-corrected chi connectivity index (χ2v) is 4.34. The first kappa shape index (κ1) is 11.4. The summed E-state index contributed by atoms with van der Waals surface area (Å²) in [7, 11) is 1.51. The number of rotatable bonds is 4. The predicted octanol–water partition coefficient (Wildman–Crippen LogP) is 1.47. The Bertz CT molecular complexity index is 382. The Balaban J connectivity index is 2.06. The highest BCUT2D eigenvalue weighted by Crippen LogP contribution is 2.33. The summed E-state index contributed by atoms with van der Waals surface area (Å²) in [5.41, 5.74) is -0.609. The molecule has 0 aromatic carbocycles. The van der Waals surface area contributed by atoms with E-state index >= 15 is 0 Å². The fourth-order valence-corrected chi connectivity index (χ4v) is 1.88. The quantitative estimate of drug-likeness (QED) is 0.784. The van der Waals surface area contributed by atoms with Crippen LogP contribution in [0.2, 0.25) is 5.15 Å². The van der Waals surface area contributed by atoms with Gasteiger partial charge in [0.15, 0.2) is 16.7 Å². The smallest absolute Gasteiger partial charge is 0.198 e. The molecule has 2 N–H and O–H groups in total. The molecule has 1 aliphatic rings. The second kappa shape index (κ2) is 4.43. The van der Waals surface area contributed by atoms with E-state index in [1.54, 1.807) is 0 Å². The Kier molecular flexibility index (Phi) is 3.16. The standard InChI is InChI=1S/C10H14ClN3O2/c1-16-7-8(11)13-6-14-9(7)12-5-10(15)3-2-4-10/h6,15H,2-5H2,1H3,(H,12,13,14). The summed E-state index contributed by atoms with van der Waals surface area (Å²) in [5, 5.41) is 13.2. The molecule has 0 amide bonds. The minimum Gasteiger partial charge on any atom is -0.490 e. The largest absolute Gasteiger partial charge is 0.490 e. The van der Waals surface area contributed by atoms with Gasteiger partial charge >= 0.3 is 0 Å². The van der Waals surface area contributed by atoms with Gasteiger partial charge in [0, 0.05) is 6.54 Å². The Hall–Kier alpha value is -1.07. The monoisotopic (exact) mass is 243 g/mol. The van der Waals surface area contributed by atoms with Gasteiger partial charge in [-0.25, -0.2) is 9.97 Å². The van der Waals surface area contributed by atoms with Crippen LogP contribution in [0.4, 0.5) is 5.82 Å². The maximum absolute atomic E-state index is 9.92. The average Bonchev–Trinajstić information content (AvgIpc) is 2.24. The van der Waals surface area contributed by atoms with E-state index in [1.807, 2.05) is 0 Å². The number of hydrogen-bond donors (Lipinski definition) is 2. The first-order chi connectivity index (χ1) is 7.64. The van der Waals surface area contributed by atoms with Gasteiger partial charge in [-0.15, -0.1) is 0 Å². The zero-order valence-corrected chi connectivity index (χ0v) is 9.79. The van der Waals surface area contributed by atoms with E-state index in [0.717, 1.165) is 19.3 Å². The maximum Gasteiger partial charge on any atom is 0.198 e. The van der Waals surface area contributed by atoms with E-state index in [2.05, 4.69) is 15.3 Å².